The fourth-order valence-electron chi connectivity index (χ4n) is 1.31. The minimum atomic E-state index is -0.780. The Balaban J connectivity index is 0.00000169. The monoisotopic (exact) mass is 225 g/mol. The summed E-state index contributed by atoms with van der Waals surface area (Å²) < 4.78 is 12.7. The smallest absolute Gasteiger partial charge is 0.236 e. The summed E-state index contributed by atoms with van der Waals surface area (Å²) >= 11 is 0. The average Bonchev–Trinajstić information content (AvgIpc) is 2.47. The van der Waals surface area contributed by atoms with E-state index >= 15 is 0 Å². The van der Waals surface area contributed by atoms with E-state index in [4.69, 9.17) is 5.73 Å². The molecule has 1 heterocycles. The number of halogens is 2. The first-order valence-electron chi connectivity index (χ1n) is 4.50. The lowest BCUT2D eigenvalue weighted by atomic mass is 10.2. The number of hydrogen-bond acceptors (Lipinski definition) is 3. The molecule has 1 fully saturated rings. The molecule has 0 spiro atoms. The van der Waals surface area contributed by atoms with Crippen molar-refractivity contribution in [1.29, 1.82) is 0 Å². The summed E-state index contributed by atoms with van der Waals surface area (Å²) in [7, 11) is 0. The van der Waals surface area contributed by atoms with Gasteiger partial charge in [-0.2, -0.15) is 0 Å². The van der Waals surface area contributed by atoms with Gasteiger partial charge in [-0.25, -0.2) is 4.39 Å². The van der Waals surface area contributed by atoms with Crippen molar-refractivity contribution in [3.8, 4) is 0 Å². The SMILES string of the molecule is C[C@@H](N)C(=O)NC[C@@H]1C[C@H](F)CN1.Cl. The van der Waals surface area contributed by atoms with Crippen LogP contribution >= 0.6 is 12.4 Å². The van der Waals surface area contributed by atoms with Gasteiger partial charge in [0.25, 0.3) is 0 Å². The third kappa shape index (κ3) is 4.21. The number of hydrogen-bond donors (Lipinski definition) is 3. The number of rotatable bonds is 3. The Hall–Kier alpha value is -0.390. The third-order valence-corrected chi connectivity index (χ3v) is 2.10. The molecule has 1 aliphatic rings. The first kappa shape index (κ1) is 13.6. The van der Waals surface area contributed by atoms with Crippen LogP contribution in [0.1, 0.15) is 13.3 Å². The molecule has 84 valence electrons. The zero-order chi connectivity index (χ0) is 9.84. The van der Waals surface area contributed by atoms with Crippen LogP contribution in [0.4, 0.5) is 4.39 Å². The maximum absolute atomic E-state index is 12.7. The molecule has 1 amide bonds. The number of nitrogens with two attached hydrogens (primary N) is 1. The number of alkyl halides is 1. The lowest BCUT2D eigenvalue weighted by Crippen LogP contribution is -2.43. The second-order valence-corrected chi connectivity index (χ2v) is 3.47. The highest BCUT2D eigenvalue weighted by Gasteiger charge is 2.23. The Morgan fingerprint density at radius 3 is 2.86 bits per heavy atom. The molecule has 0 aliphatic carbocycles. The molecule has 6 heteroatoms. The molecule has 0 bridgehead atoms. The van der Waals surface area contributed by atoms with Crippen LogP contribution in [0.2, 0.25) is 0 Å². The van der Waals surface area contributed by atoms with Crippen LogP contribution in [0.3, 0.4) is 0 Å². The van der Waals surface area contributed by atoms with Crippen molar-refractivity contribution >= 4 is 18.3 Å². The largest absolute Gasteiger partial charge is 0.353 e. The highest BCUT2D eigenvalue weighted by molar-refractivity contribution is 5.85. The normalized spacial score (nSPS) is 27.9. The second-order valence-electron chi connectivity index (χ2n) is 3.47. The highest BCUT2D eigenvalue weighted by atomic mass is 35.5. The van der Waals surface area contributed by atoms with Crippen molar-refractivity contribution in [1.82, 2.24) is 10.6 Å². The maximum Gasteiger partial charge on any atom is 0.236 e. The minimum Gasteiger partial charge on any atom is -0.353 e. The van der Waals surface area contributed by atoms with Gasteiger partial charge in [0, 0.05) is 19.1 Å². The van der Waals surface area contributed by atoms with Crippen molar-refractivity contribution in [3.05, 3.63) is 0 Å². The van der Waals surface area contributed by atoms with E-state index < -0.39 is 12.2 Å². The van der Waals surface area contributed by atoms with Crippen molar-refractivity contribution in [2.24, 2.45) is 5.73 Å². The first-order valence-corrected chi connectivity index (χ1v) is 4.50. The van der Waals surface area contributed by atoms with Gasteiger partial charge in [0.2, 0.25) is 5.91 Å². The second kappa shape index (κ2) is 6.16. The third-order valence-electron chi connectivity index (χ3n) is 2.10. The molecule has 0 aromatic rings. The summed E-state index contributed by atoms with van der Waals surface area (Å²) in [5.74, 6) is -0.191. The van der Waals surface area contributed by atoms with Gasteiger partial charge in [0.1, 0.15) is 6.17 Å². The summed E-state index contributed by atoms with van der Waals surface area (Å²) in [6, 6.07) is -0.444. The molecule has 0 radical (unpaired) electrons. The van der Waals surface area contributed by atoms with Gasteiger partial charge in [-0.05, 0) is 13.3 Å². The fraction of sp³-hybridized carbons (Fsp3) is 0.875. The van der Waals surface area contributed by atoms with E-state index in [9.17, 15) is 9.18 Å². The highest BCUT2D eigenvalue weighted by Crippen LogP contribution is 2.08. The standard InChI is InChI=1S/C8H16FN3O.ClH/c1-5(10)8(13)12-4-7-2-6(9)3-11-7;/h5-7,11H,2-4,10H2,1H3,(H,12,13);1H/t5-,6+,7+;/m1./s1. The lowest BCUT2D eigenvalue weighted by Gasteiger charge is -2.12. The van der Waals surface area contributed by atoms with Gasteiger partial charge in [-0.3, -0.25) is 4.79 Å². The molecule has 4 nitrogen and oxygen atoms in total. The van der Waals surface area contributed by atoms with E-state index in [1.165, 1.54) is 0 Å². The quantitative estimate of drug-likeness (QED) is 0.611. The topological polar surface area (TPSA) is 67.2 Å². The van der Waals surface area contributed by atoms with E-state index in [-0.39, 0.29) is 24.4 Å². The Kier molecular flexibility index (Phi) is 5.99. The zero-order valence-corrected chi connectivity index (χ0v) is 8.94. The summed E-state index contributed by atoms with van der Waals surface area (Å²) in [6.07, 6.45) is -0.309. The van der Waals surface area contributed by atoms with Crippen molar-refractivity contribution in [2.45, 2.75) is 31.6 Å². The Morgan fingerprint density at radius 2 is 2.43 bits per heavy atom. The molecule has 14 heavy (non-hydrogen) atoms. The number of carbonyl (C=O) groups excluding carboxylic acids is 1. The molecular weight excluding hydrogens is 209 g/mol. The zero-order valence-electron chi connectivity index (χ0n) is 8.13. The van der Waals surface area contributed by atoms with Crippen LogP contribution in [-0.2, 0) is 4.79 Å². The minimum absolute atomic E-state index is 0. The Bertz CT molecular complexity index is 191. The molecule has 4 N–H and O–H groups in total. The van der Waals surface area contributed by atoms with Crippen LogP contribution in [0.15, 0.2) is 0 Å². The van der Waals surface area contributed by atoms with E-state index in [0.717, 1.165) is 0 Å². The molecule has 0 aromatic carbocycles. The fourth-order valence-corrected chi connectivity index (χ4v) is 1.31. The van der Waals surface area contributed by atoms with Crippen LogP contribution < -0.4 is 16.4 Å². The van der Waals surface area contributed by atoms with Gasteiger partial charge < -0.3 is 16.4 Å². The van der Waals surface area contributed by atoms with E-state index in [1.807, 2.05) is 0 Å². The molecule has 1 saturated heterocycles. The van der Waals surface area contributed by atoms with Crippen molar-refractivity contribution < 1.29 is 9.18 Å². The maximum atomic E-state index is 12.7. The predicted molar refractivity (Wildman–Crippen MR) is 55.2 cm³/mol. The van der Waals surface area contributed by atoms with Crippen LogP contribution in [0.25, 0.3) is 0 Å². The molecule has 3 atom stereocenters. The summed E-state index contributed by atoms with van der Waals surface area (Å²) in [4.78, 5) is 11.0. The van der Waals surface area contributed by atoms with Crippen LogP contribution in [-0.4, -0.2) is 37.3 Å². The van der Waals surface area contributed by atoms with Crippen LogP contribution in [0, 0.1) is 0 Å². The predicted octanol–water partition coefficient (Wildman–Crippen LogP) is -0.428. The van der Waals surface area contributed by atoms with Crippen molar-refractivity contribution in [2.75, 3.05) is 13.1 Å². The molecular formula is C8H17ClFN3O. The molecule has 1 aliphatic heterocycles. The summed E-state index contributed by atoms with van der Waals surface area (Å²) in [6.45, 7) is 2.47. The van der Waals surface area contributed by atoms with Gasteiger partial charge >= 0.3 is 0 Å². The van der Waals surface area contributed by atoms with Gasteiger partial charge in [0.05, 0.1) is 6.04 Å². The Morgan fingerprint density at radius 1 is 1.79 bits per heavy atom. The lowest BCUT2D eigenvalue weighted by molar-refractivity contribution is -0.122. The average molecular weight is 226 g/mol. The van der Waals surface area contributed by atoms with Gasteiger partial charge in [0.15, 0.2) is 0 Å². The molecule has 0 aromatic heterocycles. The number of nitrogens with one attached hydrogen (secondary N) is 2. The molecule has 0 saturated carbocycles. The first-order chi connectivity index (χ1) is 6.09. The van der Waals surface area contributed by atoms with Crippen LogP contribution in [0.5, 0.6) is 0 Å². The van der Waals surface area contributed by atoms with Gasteiger partial charge in [-0.15, -0.1) is 12.4 Å². The Labute approximate surface area is 89.2 Å². The van der Waals surface area contributed by atoms with E-state index in [0.29, 0.717) is 19.5 Å². The summed E-state index contributed by atoms with van der Waals surface area (Å²) in [5, 5.41) is 5.62. The molecule has 1 rings (SSSR count). The number of carbonyl (C=O) groups is 1. The molecule has 0 unspecified atom stereocenters. The van der Waals surface area contributed by atoms with Crippen molar-refractivity contribution in [3.63, 3.8) is 0 Å². The summed E-state index contributed by atoms with van der Waals surface area (Å²) in [5.41, 5.74) is 5.34. The van der Waals surface area contributed by atoms with E-state index in [2.05, 4.69) is 10.6 Å². The van der Waals surface area contributed by atoms with E-state index in [1.54, 1.807) is 6.92 Å². The van der Waals surface area contributed by atoms with Gasteiger partial charge in [-0.1, -0.05) is 0 Å². The number of amides is 1.